The van der Waals surface area contributed by atoms with Gasteiger partial charge in [0.05, 0.1) is 5.69 Å². The van der Waals surface area contributed by atoms with Crippen LogP contribution in [0.3, 0.4) is 0 Å². The van der Waals surface area contributed by atoms with Crippen LogP contribution in [-0.4, -0.2) is 21.7 Å². The van der Waals surface area contributed by atoms with Crippen LogP contribution in [0.25, 0.3) is 5.69 Å². The molecule has 84 valence electrons. The average molecular weight is 240 g/mol. The van der Waals surface area contributed by atoms with Crippen molar-refractivity contribution in [2.45, 2.75) is 0 Å². The van der Waals surface area contributed by atoms with Crippen molar-refractivity contribution >= 4 is 10.3 Å². The van der Waals surface area contributed by atoms with Gasteiger partial charge in [-0.3, -0.25) is 9.35 Å². The third-order valence-corrected chi connectivity index (χ3v) is 2.77. The Morgan fingerprint density at radius 1 is 1.06 bits per heavy atom. The highest BCUT2D eigenvalue weighted by atomic mass is 32.2. The van der Waals surface area contributed by atoms with Crippen molar-refractivity contribution in [2.75, 3.05) is 0 Å². The van der Waals surface area contributed by atoms with Gasteiger partial charge in [-0.25, -0.2) is 4.68 Å². The second-order valence-electron chi connectivity index (χ2n) is 3.05. The van der Waals surface area contributed by atoms with E-state index in [1.54, 1.807) is 30.3 Å². The normalized spacial score (nSPS) is 11.6. The molecule has 0 fully saturated rings. The molecule has 0 saturated carbocycles. The van der Waals surface area contributed by atoms with Crippen molar-refractivity contribution in [2.24, 2.45) is 0 Å². The summed E-state index contributed by atoms with van der Waals surface area (Å²) in [4.78, 5) is 11.3. The van der Waals surface area contributed by atoms with Crippen molar-refractivity contribution < 1.29 is 13.0 Å². The summed E-state index contributed by atoms with van der Waals surface area (Å²) in [5.41, 5.74) is -0.353. The number of hydrogen-bond acceptors (Lipinski definition) is 3. The van der Waals surface area contributed by atoms with Gasteiger partial charge in [0, 0.05) is 12.3 Å². The number of hydrogen-bond donors (Lipinski definition) is 1. The molecule has 7 heteroatoms. The molecule has 0 bridgehead atoms. The molecule has 0 atom stereocenters. The van der Waals surface area contributed by atoms with E-state index in [4.69, 9.17) is 4.55 Å². The van der Waals surface area contributed by atoms with Gasteiger partial charge >= 0.3 is 10.3 Å². The van der Waals surface area contributed by atoms with E-state index in [1.165, 1.54) is 6.20 Å². The molecule has 2 aromatic rings. The van der Waals surface area contributed by atoms with E-state index in [-0.39, 0.29) is 4.09 Å². The zero-order valence-electron chi connectivity index (χ0n) is 8.02. The number of rotatable bonds is 2. The first-order valence-electron chi connectivity index (χ1n) is 4.34. The predicted octanol–water partition coefficient (Wildman–Crippen LogP) is 0.290. The fraction of sp³-hybridized carbons (Fsp3) is 0. The van der Waals surface area contributed by atoms with Gasteiger partial charge in [-0.2, -0.15) is 8.42 Å². The van der Waals surface area contributed by atoms with Crippen molar-refractivity contribution in [3.05, 3.63) is 52.9 Å². The standard InChI is InChI=1S/C9H8N2O4S/c12-9-6-7-10(11(9)16(13,14)15)8-4-2-1-3-5-8/h1-7H,(H,13,14,15). The molecule has 0 amide bonds. The van der Waals surface area contributed by atoms with Crippen LogP contribution in [0.5, 0.6) is 0 Å². The molecule has 0 saturated heterocycles. The van der Waals surface area contributed by atoms with Crippen LogP contribution in [0.1, 0.15) is 0 Å². The quantitative estimate of drug-likeness (QED) is 0.765. The molecule has 0 aliphatic heterocycles. The topological polar surface area (TPSA) is 81.3 Å². The van der Waals surface area contributed by atoms with Gasteiger partial charge in [0.1, 0.15) is 0 Å². The Morgan fingerprint density at radius 2 is 1.69 bits per heavy atom. The van der Waals surface area contributed by atoms with Crippen molar-refractivity contribution in [3.8, 4) is 5.69 Å². The lowest BCUT2D eigenvalue weighted by Gasteiger charge is -2.07. The summed E-state index contributed by atoms with van der Waals surface area (Å²) in [5, 5.41) is 0. The molecule has 16 heavy (non-hydrogen) atoms. The van der Waals surface area contributed by atoms with E-state index in [0.717, 1.165) is 10.7 Å². The van der Waals surface area contributed by atoms with Crippen molar-refractivity contribution in [3.63, 3.8) is 0 Å². The number of benzene rings is 1. The van der Waals surface area contributed by atoms with Gasteiger partial charge in [-0.15, -0.1) is 4.09 Å². The number of nitrogens with zero attached hydrogens (tertiary/aromatic N) is 2. The second kappa shape index (κ2) is 3.62. The van der Waals surface area contributed by atoms with Crippen LogP contribution >= 0.6 is 0 Å². The zero-order valence-corrected chi connectivity index (χ0v) is 8.83. The smallest absolute Gasteiger partial charge is 0.268 e. The van der Waals surface area contributed by atoms with Crippen LogP contribution in [0.4, 0.5) is 0 Å². The molecule has 1 aromatic heterocycles. The Morgan fingerprint density at radius 3 is 2.25 bits per heavy atom. The van der Waals surface area contributed by atoms with E-state index in [0.29, 0.717) is 5.69 Å². The average Bonchev–Trinajstić information content (AvgIpc) is 2.61. The molecule has 1 aromatic carbocycles. The zero-order chi connectivity index (χ0) is 11.8. The van der Waals surface area contributed by atoms with Crippen LogP contribution in [0.15, 0.2) is 47.4 Å². The molecule has 0 radical (unpaired) electrons. The largest absolute Gasteiger partial charge is 0.381 e. The maximum Gasteiger partial charge on any atom is 0.381 e. The van der Waals surface area contributed by atoms with Crippen LogP contribution < -0.4 is 5.56 Å². The van der Waals surface area contributed by atoms with Gasteiger partial charge < -0.3 is 0 Å². The van der Waals surface area contributed by atoms with E-state index in [2.05, 4.69) is 0 Å². The maximum absolute atomic E-state index is 11.3. The summed E-state index contributed by atoms with van der Waals surface area (Å²) in [5.74, 6) is 0. The minimum absolute atomic E-state index is 0.280. The Bertz CT molecular complexity index is 654. The molecular formula is C9H8N2O4S. The summed E-state index contributed by atoms with van der Waals surface area (Å²) < 4.78 is 32.3. The van der Waals surface area contributed by atoms with E-state index < -0.39 is 15.9 Å². The van der Waals surface area contributed by atoms with Crippen LogP contribution in [0, 0.1) is 0 Å². The van der Waals surface area contributed by atoms with E-state index in [9.17, 15) is 13.2 Å². The molecule has 2 rings (SSSR count). The first kappa shape index (κ1) is 10.7. The first-order valence-corrected chi connectivity index (χ1v) is 5.74. The third-order valence-electron chi connectivity index (χ3n) is 1.98. The summed E-state index contributed by atoms with van der Waals surface area (Å²) in [6.45, 7) is 0. The van der Waals surface area contributed by atoms with Gasteiger partial charge in [0.2, 0.25) is 0 Å². The highest BCUT2D eigenvalue weighted by molar-refractivity contribution is 7.84. The minimum atomic E-state index is -4.60. The highest BCUT2D eigenvalue weighted by Gasteiger charge is 2.16. The SMILES string of the molecule is O=c1ccn(-c2ccccc2)n1S(=O)(=O)O. The third kappa shape index (κ3) is 1.77. The van der Waals surface area contributed by atoms with Crippen molar-refractivity contribution in [1.29, 1.82) is 0 Å². The van der Waals surface area contributed by atoms with Crippen LogP contribution in [0.2, 0.25) is 0 Å². The van der Waals surface area contributed by atoms with Gasteiger partial charge in [-0.1, -0.05) is 18.2 Å². The molecule has 0 spiro atoms. The number of para-hydroxylation sites is 1. The molecule has 1 N–H and O–H groups in total. The van der Waals surface area contributed by atoms with Crippen LogP contribution in [-0.2, 0) is 10.3 Å². The van der Waals surface area contributed by atoms with Gasteiger partial charge in [0.25, 0.3) is 5.56 Å². The van der Waals surface area contributed by atoms with Crippen molar-refractivity contribution in [1.82, 2.24) is 8.77 Å². The summed E-state index contributed by atoms with van der Waals surface area (Å²) in [6, 6.07) is 9.41. The molecule has 0 aliphatic carbocycles. The second-order valence-corrected chi connectivity index (χ2v) is 4.30. The Balaban J connectivity index is 2.74. The lowest BCUT2D eigenvalue weighted by Crippen LogP contribution is -2.28. The predicted molar refractivity (Wildman–Crippen MR) is 57.0 cm³/mol. The lowest BCUT2D eigenvalue weighted by atomic mass is 10.3. The first-order chi connectivity index (χ1) is 7.50. The Labute approximate surface area is 91.2 Å². The molecular weight excluding hydrogens is 232 g/mol. The summed E-state index contributed by atoms with van der Waals surface area (Å²) >= 11 is 0. The van der Waals surface area contributed by atoms with E-state index >= 15 is 0 Å². The summed E-state index contributed by atoms with van der Waals surface area (Å²) in [6.07, 6.45) is 1.27. The Hall–Kier alpha value is -1.86. The monoisotopic (exact) mass is 240 g/mol. The maximum atomic E-state index is 11.3. The molecule has 6 nitrogen and oxygen atoms in total. The van der Waals surface area contributed by atoms with E-state index in [1.807, 2.05) is 0 Å². The molecule has 0 unspecified atom stereocenters. The van der Waals surface area contributed by atoms with Gasteiger partial charge in [0.15, 0.2) is 0 Å². The Kier molecular flexibility index (Phi) is 2.41. The fourth-order valence-electron chi connectivity index (χ4n) is 1.36. The lowest BCUT2D eigenvalue weighted by molar-refractivity contribution is 0.457. The minimum Gasteiger partial charge on any atom is -0.268 e. The number of aromatic nitrogens is 2. The molecule has 0 aliphatic rings. The van der Waals surface area contributed by atoms with Gasteiger partial charge in [-0.05, 0) is 12.1 Å². The summed E-state index contributed by atoms with van der Waals surface area (Å²) in [7, 11) is -4.60. The highest BCUT2D eigenvalue weighted by Crippen LogP contribution is 2.06. The molecule has 1 heterocycles. The fourth-order valence-corrected chi connectivity index (χ4v) is 2.02.